The fourth-order valence-corrected chi connectivity index (χ4v) is 4.78. The van der Waals surface area contributed by atoms with Gasteiger partial charge in [0.15, 0.2) is 23.3 Å². The Hall–Kier alpha value is -2.37. The van der Waals surface area contributed by atoms with Crippen LogP contribution in [0.4, 0.5) is 26.7 Å². The van der Waals surface area contributed by atoms with Gasteiger partial charge in [-0.15, -0.1) is 0 Å². The van der Waals surface area contributed by atoms with Crippen molar-refractivity contribution < 1.29 is 31.5 Å². The van der Waals surface area contributed by atoms with Crippen molar-refractivity contribution in [2.24, 2.45) is 5.10 Å². The van der Waals surface area contributed by atoms with E-state index in [1.54, 1.807) is 11.8 Å². The lowest BCUT2D eigenvalue weighted by molar-refractivity contribution is -0.121. The predicted molar refractivity (Wildman–Crippen MR) is 95.9 cm³/mol. The van der Waals surface area contributed by atoms with E-state index in [0.717, 1.165) is 12.2 Å². The molecule has 3 amide bonds. The highest BCUT2D eigenvalue weighted by molar-refractivity contribution is 8.00. The zero-order chi connectivity index (χ0) is 21.1. The van der Waals surface area contributed by atoms with Gasteiger partial charge >= 0.3 is 6.03 Å². The molecule has 2 saturated heterocycles. The Labute approximate surface area is 166 Å². The summed E-state index contributed by atoms with van der Waals surface area (Å²) >= 11 is 1.75. The predicted octanol–water partition coefficient (Wildman–Crippen LogP) is 2.56. The normalized spacial score (nSPS) is 23.2. The summed E-state index contributed by atoms with van der Waals surface area (Å²) in [6, 6.07) is 0.0283. The minimum atomic E-state index is -2.26. The van der Waals surface area contributed by atoms with Crippen molar-refractivity contribution in [3.8, 4) is 0 Å². The minimum Gasteiger partial charge on any atom is -0.332 e. The molecule has 3 N–H and O–H groups in total. The van der Waals surface area contributed by atoms with E-state index < -0.39 is 40.6 Å². The Morgan fingerprint density at radius 1 is 1.07 bits per heavy atom. The number of carbonyl (C=O) groups is 2. The smallest absolute Gasteiger partial charge is 0.315 e. The average molecular weight is 436 g/mol. The number of fused-ring (bicyclic) bond motifs is 1. The topological polar surface area (TPSA) is 82.6 Å². The average Bonchev–Trinajstić information content (AvgIpc) is 3.24. The van der Waals surface area contributed by atoms with Gasteiger partial charge in [0, 0.05) is 17.4 Å². The SMILES string of the molecule is O=C(CCCC[C@H]1SC[C@@H]2NC(=O)N[C@@H]21)NN=Cc1c(F)c(F)c(F)c(F)c1F. The Morgan fingerprint density at radius 2 is 1.72 bits per heavy atom. The van der Waals surface area contributed by atoms with Crippen LogP contribution in [0.5, 0.6) is 0 Å². The number of amides is 3. The molecule has 2 heterocycles. The number of nitrogens with one attached hydrogen (secondary N) is 3. The van der Waals surface area contributed by atoms with E-state index in [9.17, 15) is 31.5 Å². The van der Waals surface area contributed by atoms with Crippen molar-refractivity contribution in [3.63, 3.8) is 0 Å². The molecule has 0 aliphatic carbocycles. The molecule has 3 atom stereocenters. The van der Waals surface area contributed by atoms with E-state index in [1.807, 2.05) is 5.43 Å². The van der Waals surface area contributed by atoms with Crippen molar-refractivity contribution in [2.75, 3.05) is 5.75 Å². The molecular weight excluding hydrogens is 419 g/mol. The van der Waals surface area contributed by atoms with Crippen molar-refractivity contribution in [2.45, 2.75) is 43.0 Å². The summed E-state index contributed by atoms with van der Waals surface area (Å²) in [5.74, 6) is -10.2. The maximum Gasteiger partial charge on any atom is 0.315 e. The standard InChI is InChI=1S/C17H17F5N4O2S/c18-11-7(12(19)14(21)15(22)13(11)20)5-23-26-10(27)4-2-1-3-9-16-8(6-29-9)24-17(28)25-16/h5,8-9,16H,1-4,6H2,(H,26,27)(H2,24,25,28)/t8-,9+,16-/m0/s1. The highest BCUT2D eigenvalue weighted by atomic mass is 32.2. The lowest BCUT2D eigenvalue weighted by Crippen LogP contribution is -2.36. The molecule has 29 heavy (non-hydrogen) atoms. The Kier molecular flexibility index (Phi) is 6.60. The van der Waals surface area contributed by atoms with Gasteiger partial charge in [-0.2, -0.15) is 16.9 Å². The Balaban J connectivity index is 1.42. The van der Waals surface area contributed by atoms with Crippen molar-refractivity contribution in [3.05, 3.63) is 34.6 Å². The van der Waals surface area contributed by atoms with Gasteiger partial charge in [-0.1, -0.05) is 6.42 Å². The molecule has 0 spiro atoms. The van der Waals surface area contributed by atoms with Gasteiger partial charge in [-0.25, -0.2) is 32.2 Å². The van der Waals surface area contributed by atoms with Crippen LogP contribution in [0, 0.1) is 29.1 Å². The number of nitrogens with zero attached hydrogens (tertiary/aromatic N) is 1. The van der Waals surface area contributed by atoms with Crippen LogP contribution in [-0.2, 0) is 4.79 Å². The number of hydrazone groups is 1. The molecule has 1 aromatic rings. The molecule has 0 radical (unpaired) electrons. The van der Waals surface area contributed by atoms with Crippen molar-refractivity contribution >= 4 is 29.9 Å². The second-order valence-electron chi connectivity index (χ2n) is 6.64. The summed E-state index contributed by atoms with van der Waals surface area (Å²) in [6.07, 6.45) is 2.48. The molecule has 2 aliphatic rings. The van der Waals surface area contributed by atoms with Crippen LogP contribution < -0.4 is 16.1 Å². The first kappa shape index (κ1) is 21.3. The van der Waals surface area contributed by atoms with Crippen LogP contribution in [0.3, 0.4) is 0 Å². The lowest BCUT2D eigenvalue weighted by Gasteiger charge is -2.16. The quantitative estimate of drug-likeness (QED) is 0.117. The van der Waals surface area contributed by atoms with Gasteiger partial charge in [0.05, 0.1) is 23.9 Å². The highest BCUT2D eigenvalue weighted by Crippen LogP contribution is 2.33. The van der Waals surface area contributed by atoms with Gasteiger partial charge in [0.25, 0.3) is 0 Å². The second kappa shape index (κ2) is 8.97. The summed E-state index contributed by atoms with van der Waals surface area (Å²) in [5.41, 5.74) is 0.762. The van der Waals surface area contributed by atoms with E-state index in [0.29, 0.717) is 19.1 Å². The van der Waals surface area contributed by atoms with Gasteiger partial charge in [0.1, 0.15) is 0 Å². The molecule has 2 fully saturated rings. The monoisotopic (exact) mass is 436 g/mol. The number of hydrogen-bond donors (Lipinski definition) is 3. The Morgan fingerprint density at radius 3 is 2.41 bits per heavy atom. The molecule has 0 saturated carbocycles. The molecule has 3 rings (SSSR count). The fraction of sp³-hybridized carbons (Fsp3) is 0.471. The van der Waals surface area contributed by atoms with Crippen molar-refractivity contribution in [1.29, 1.82) is 0 Å². The maximum atomic E-state index is 13.5. The van der Waals surface area contributed by atoms with E-state index in [4.69, 9.17) is 0 Å². The van der Waals surface area contributed by atoms with Crippen molar-refractivity contribution in [1.82, 2.24) is 16.1 Å². The van der Waals surface area contributed by atoms with Crippen LogP contribution in [0.25, 0.3) is 0 Å². The summed E-state index contributed by atoms with van der Waals surface area (Å²) in [4.78, 5) is 23.0. The van der Waals surface area contributed by atoms with E-state index in [2.05, 4.69) is 15.7 Å². The highest BCUT2D eigenvalue weighted by Gasteiger charge is 2.42. The molecule has 1 aromatic carbocycles. The van der Waals surface area contributed by atoms with Gasteiger partial charge < -0.3 is 10.6 Å². The Bertz CT molecular complexity index is 825. The maximum absolute atomic E-state index is 13.5. The summed E-state index contributed by atoms with van der Waals surface area (Å²) in [5, 5.41) is 9.23. The zero-order valence-corrected chi connectivity index (χ0v) is 15.7. The number of benzene rings is 1. The molecule has 0 bridgehead atoms. The number of halogens is 5. The first-order chi connectivity index (χ1) is 13.8. The van der Waals surface area contributed by atoms with Crippen LogP contribution in [0.2, 0.25) is 0 Å². The molecule has 12 heteroatoms. The molecule has 2 aliphatic heterocycles. The first-order valence-corrected chi connectivity index (χ1v) is 9.86. The first-order valence-electron chi connectivity index (χ1n) is 8.81. The number of unbranched alkanes of at least 4 members (excludes halogenated alkanes) is 1. The van der Waals surface area contributed by atoms with Crippen LogP contribution >= 0.6 is 11.8 Å². The number of carbonyl (C=O) groups excluding carboxylic acids is 2. The minimum absolute atomic E-state index is 0.0739. The lowest BCUT2D eigenvalue weighted by atomic mass is 10.0. The van der Waals surface area contributed by atoms with E-state index in [1.165, 1.54) is 0 Å². The third kappa shape index (κ3) is 4.62. The third-order valence-corrected chi connectivity index (χ3v) is 6.22. The van der Waals surface area contributed by atoms with Gasteiger partial charge in [-0.05, 0) is 12.8 Å². The summed E-state index contributed by atoms with van der Waals surface area (Å²) in [6.45, 7) is 0. The second-order valence-corrected chi connectivity index (χ2v) is 7.92. The van der Waals surface area contributed by atoms with E-state index >= 15 is 0 Å². The van der Waals surface area contributed by atoms with Crippen LogP contribution in [0.15, 0.2) is 5.10 Å². The molecule has 0 aromatic heterocycles. The molecule has 0 unspecified atom stereocenters. The third-order valence-electron chi connectivity index (χ3n) is 4.71. The van der Waals surface area contributed by atoms with E-state index in [-0.39, 0.29) is 29.8 Å². The number of thioether (sulfide) groups is 1. The largest absolute Gasteiger partial charge is 0.332 e. The van der Waals surface area contributed by atoms with Gasteiger partial charge in [-0.3, -0.25) is 4.79 Å². The molecule has 6 nitrogen and oxygen atoms in total. The van der Waals surface area contributed by atoms with Gasteiger partial charge in [0.2, 0.25) is 11.7 Å². The number of hydrogen-bond acceptors (Lipinski definition) is 4. The fourth-order valence-electron chi connectivity index (χ4n) is 3.23. The zero-order valence-electron chi connectivity index (χ0n) is 14.9. The van der Waals surface area contributed by atoms with Crippen LogP contribution in [-0.4, -0.2) is 41.2 Å². The van der Waals surface area contributed by atoms with Crippen LogP contribution in [0.1, 0.15) is 31.2 Å². The summed E-state index contributed by atoms with van der Waals surface area (Å²) in [7, 11) is 0. The number of urea groups is 1. The number of rotatable bonds is 7. The molecular formula is C17H17F5N4O2S. The summed E-state index contributed by atoms with van der Waals surface area (Å²) < 4.78 is 66.1. The molecule has 158 valence electrons.